The molecule has 1 heterocycles. The number of aryl methyl sites for hydroxylation is 1. The molecule has 21 heavy (non-hydrogen) atoms. The first-order valence-corrected chi connectivity index (χ1v) is 8.99. The Morgan fingerprint density at radius 1 is 1.10 bits per heavy atom. The number of aliphatic imine (C=N–C) groups is 1. The summed E-state index contributed by atoms with van der Waals surface area (Å²) in [6, 6.07) is 18.9. The van der Waals surface area contributed by atoms with Gasteiger partial charge in [-0.05, 0) is 0 Å². The molecule has 1 aliphatic rings. The first-order chi connectivity index (χ1) is 10.0. The fraction of sp³-hybridized carbons (Fsp3) is 0.278. The number of aliphatic hydroxyl groups is 1. The number of hydrogen-bond donors (Lipinski definition) is 1. The molecule has 2 atom stereocenters. The Morgan fingerprint density at radius 3 is 2.43 bits per heavy atom. The summed E-state index contributed by atoms with van der Waals surface area (Å²) in [5.74, 6) is 0. The van der Waals surface area contributed by atoms with E-state index in [2.05, 4.69) is 60.4 Å². The van der Waals surface area contributed by atoms with Crippen molar-refractivity contribution in [2.75, 3.05) is 0 Å². The van der Waals surface area contributed by atoms with Gasteiger partial charge in [0.25, 0.3) is 0 Å². The number of benzene rings is 2. The van der Waals surface area contributed by atoms with Crippen molar-refractivity contribution in [2.45, 2.75) is 30.8 Å². The Bertz CT molecular complexity index is 647. The van der Waals surface area contributed by atoms with Gasteiger partial charge in [0.05, 0.1) is 0 Å². The SMILES string of the molecule is Cc1ccc(C2=N[C@@](C)(O)C[C@H](c3ccccc3)[Se]2)cc1. The Kier molecular flexibility index (Phi) is 3.99. The van der Waals surface area contributed by atoms with Crippen LogP contribution in [0.2, 0.25) is 0 Å². The summed E-state index contributed by atoms with van der Waals surface area (Å²) in [6.07, 6.45) is 0.701. The molecule has 3 rings (SSSR count). The van der Waals surface area contributed by atoms with Crippen LogP contribution in [0.1, 0.15) is 34.9 Å². The van der Waals surface area contributed by atoms with Gasteiger partial charge in [0.1, 0.15) is 0 Å². The fourth-order valence-electron chi connectivity index (χ4n) is 2.50. The van der Waals surface area contributed by atoms with Crippen LogP contribution < -0.4 is 0 Å². The van der Waals surface area contributed by atoms with Gasteiger partial charge in [-0.2, -0.15) is 0 Å². The summed E-state index contributed by atoms with van der Waals surface area (Å²) in [4.78, 5) is 4.97. The van der Waals surface area contributed by atoms with Crippen molar-refractivity contribution < 1.29 is 5.11 Å². The molecule has 0 saturated carbocycles. The van der Waals surface area contributed by atoms with E-state index in [1.165, 1.54) is 11.1 Å². The van der Waals surface area contributed by atoms with Crippen LogP contribution in [0.3, 0.4) is 0 Å². The van der Waals surface area contributed by atoms with Gasteiger partial charge in [-0.25, -0.2) is 0 Å². The van der Waals surface area contributed by atoms with Crippen LogP contribution in [0.25, 0.3) is 0 Å². The molecule has 0 bridgehead atoms. The van der Waals surface area contributed by atoms with Gasteiger partial charge in [0.15, 0.2) is 0 Å². The minimum absolute atomic E-state index is 0.235. The molecule has 1 N–H and O–H groups in total. The zero-order valence-electron chi connectivity index (χ0n) is 12.3. The predicted octanol–water partition coefficient (Wildman–Crippen LogP) is 3.30. The van der Waals surface area contributed by atoms with E-state index >= 15 is 0 Å². The first-order valence-electron chi connectivity index (χ1n) is 7.14. The summed E-state index contributed by atoms with van der Waals surface area (Å²) >= 11 is 0.235. The van der Waals surface area contributed by atoms with E-state index < -0.39 is 5.72 Å². The van der Waals surface area contributed by atoms with Crippen molar-refractivity contribution in [3.05, 3.63) is 71.3 Å². The van der Waals surface area contributed by atoms with E-state index in [9.17, 15) is 5.11 Å². The van der Waals surface area contributed by atoms with Gasteiger partial charge in [-0.1, -0.05) is 0 Å². The molecule has 2 aromatic rings. The monoisotopic (exact) mass is 345 g/mol. The Hall–Kier alpha value is -1.41. The second kappa shape index (κ2) is 5.76. The van der Waals surface area contributed by atoms with Crippen LogP contribution in [0.5, 0.6) is 0 Å². The van der Waals surface area contributed by atoms with Crippen molar-refractivity contribution in [1.29, 1.82) is 0 Å². The molecule has 0 saturated heterocycles. The molecular weight excluding hydrogens is 325 g/mol. The average Bonchev–Trinajstić information content (AvgIpc) is 2.47. The predicted molar refractivity (Wildman–Crippen MR) is 87.9 cm³/mol. The summed E-state index contributed by atoms with van der Waals surface area (Å²) in [7, 11) is 0. The van der Waals surface area contributed by atoms with E-state index in [0.717, 1.165) is 10.2 Å². The summed E-state index contributed by atoms with van der Waals surface area (Å²) < 4.78 is 1.06. The molecule has 3 heteroatoms. The molecule has 1 aliphatic heterocycles. The zero-order valence-corrected chi connectivity index (χ0v) is 14.0. The van der Waals surface area contributed by atoms with Crippen LogP contribution in [-0.2, 0) is 0 Å². The number of hydrogen-bond acceptors (Lipinski definition) is 2. The first kappa shape index (κ1) is 14.5. The molecule has 108 valence electrons. The summed E-state index contributed by atoms with van der Waals surface area (Å²) in [5.41, 5.74) is 2.72. The van der Waals surface area contributed by atoms with Gasteiger partial charge < -0.3 is 0 Å². The second-order valence-electron chi connectivity index (χ2n) is 5.72. The van der Waals surface area contributed by atoms with Crippen LogP contribution in [0.15, 0.2) is 59.6 Å². The van der Waals surface area contributed by atoms with Gasteiger partial charge in [-0.15, -0.1) is 0 Å². The standard InChI is InChI=1S/C18H19NOSe/c1-13-8-10-15(11-9-13)17-19-18(2,20)12-16(21-17)14-6-4-3-5-7-14/h3-11,16,20H,12H2,1-2H3/t16-,18+/m1/s1. The van der Waals surface area contributed by atoms with Crippen molar-refractivity contribution in [1.82, 2.24) is 0 Å². The van der Waals surface area contributed by atoms with Crippen molar-refractivity contribution in [3.8, 4) is 0 Å². The number of rotatable bonds is 2. The molecule has 0 fully saturated rings. The second-order valence-corrected chi connectivity index (χ2v) is 8.22. The van der Waals surface area contributed by atoms with Crippen molar-refractivity contribution in [2.24, 2.45) is 4.99 Å². The van der Waals surface area contributed by atoms with E-state index in [0.29, 0.717) is 11.2 Å². The third-order valence-electron chi connectivity index (χ3n) is 3.64. The molecular formula is C18H19NOSe. The molecule has 0 unspecified atom stereocenters. The van der Waals surface area contributed by atoms with Gasteiger partial charge in [0.2, 0.25) is 0 Å². The fourth-order valence-corrected chi connectivity index (χ4v) is 5.61. The van der Waals surface area contributed by atoms with Gasteiger partial charge in [0, 0.05) is 0 Å². The molecule has 0 spiro atoms. The number of nitrogens with zero attached hydrogens (tertiary/aromatic N) is 1. The quantitative estimate of drug-likeness (QED) is 0.833. The molecule has 0 amide bonds. The third kappa shape index (κ3) is 3.44. The zero-order chi connectivity index (χ0) is 14.9. The Balaban J connectivity index is 1.94. The van der Waals surface area contributed by atoms with E-state index in [1.807, 2.05) is 13.0 Å². The van der Waals surface area contributed by atoms with E-state index in [1.54, 1.807) is 0 Å². The van der Waals surface area contributed by atoms with Crippen LogP contribution >= 0.6 is 0 Å². The van der Waals surface area contributed by atoms with Crippen molar-refractivity contribution >= 4 is 19.6 Å². The van der Waals surface area contributed by atoms with Crippen molar-refractivity contribution in [3.63, 3.8) is 0 Å². The van der Waals surface area contributed by atoms with Gasteiger partial charge >= 0.3 is 132 Å². The van der Waals surface area contributed by atoms with E-state index in [4.69, 9.17) is 0 Å². The van der Waals surface area contributed by atoms with Crippen LogP contribution in [0.4, 0.5) is 0 Å². The molecule has 0 aromatic heterocycles. The Morgan fingerprint density at radius 2 is 1.76 bits per heavy atom. The summed E-state index contributed by atoms with van der Waals surface area (Å²) in [6.45, 7) is 3.90. The van der Waals surface area contributed by atoms with Crippen LogP contribution in [0, 0.1) is 6.92 Å². The summed E-state index contributed by atoms with van der Waals surface area (Å²) in [5, 5.41) is 10.5. The molecule has 0 aliphatic carbocycles. The third-order valence-corrected chi connectivity index (χ3v) is 6.31. The topological polar surface area (TPSA) is 32.6 Å². The Labute approximate surface area is 132 Å². The molecule has 2 aromatic carbocycles. The maximum absolute atomic E-state index is 10.5. The molecule has 2 nitrogen and oxygen atoms in total. The minimum atomic E-state index is -0.972. The van der Waals surface area contributed by atoms with Gasteiger partial charge in [-0.3, -0.25) is 0 Å². The average molecular weight is 344 g/mol. The molecule has 0 radical (unpaired) electrons. The maximum atomic E-state index is 10.5. The normalized spacial score (nSPS) is 25.5. The van der Waals surface area contributed by atoms with E-state index in [-0.39, 0.29) is 15.0 Å². The van der Waals surface area contributed by atoms with Crippen LogP contribution in [-0.4, -0.2) is 30.4 Å².